The molecule has 0 radical (unpaired) electrons. The van der Waals surface area contributed by atoms with Crippen LogP contribution in [-0.4, -0.2) is 36.0 Å². The Morgan fingerprint density at radius 2 is 2.12 bits per heavy atom. The van der Waals surface area contributed by atoms with Gasteiger partial charge in [0.15, 0.2) is 0 Å². The number of hydrogen-bond donors (Lipinski definition) is 2. The van der Waals surface area contributed by atoms with Crippen LogP contribution in [0.25, 0.3) is 0 Å². The van der Waals surface area contributed by atoms with Crippen LogP contribution in [0.2, 0.25) is 0 Å². The van der Waals surface area contributed by atoms with Crippen molar-refractivity contribution < 1.29 is 8.42 Å². The molecule has 1 aromatic heterocycles. The normalized spacial score (nSPS) is 18.5. The van der Waals surface area contributed by atoms with Crippen LogP contribution in [0.15, 0.2) is 12.4 Å². The Hall–Kier alpha value is -1.08. The molecule has 6 nitrogen and oxygen atoms in total. The molecule has 0 bridgehead atoms. The number of aromatic nitrogens is 2. The van der Waals surface area contributed by atoms with Crippen LogP contribution in [0.5, 0.6) is 0 Å². The van der Waals surface area contributed by atoms with Crippen LogP contribution in [-0.2, 0) is 10.2 Å². The maximum absolute atomic E-state index is 12.1. The van der Waals surface area contributed by atoms with E-state index in [1.165, 1.54) is 23.1 Å². The molecule has 1 aliphatic rings. The first kappa shape index (κ1) is 12.4. The smallest absolute Gasteiger partial charge is 0.284 e. The number of rotatable bonds is 4. The summed E-state index contributed by atoms with van der Waals surface area (Å²) in [6.07, 6.45) is 8.29. The highest BCUT2D eigenvalue weighted by Crippen LogP contribution is 2.23. The van der Waals surface area contributed by atoms with Crippen molar-refractivity contribution in [3.63, 3.8) is 0 Å². The molecule has 0 aliphatic heterocycles. The molecular weight excluding hydrogens is 240 g/mol. The van der Waals surface area contributed by atoms with Gasteiger partial charge in [-0.25, -0.2) is 0 Å². The Balaban J connectivity index is 2.03. The van der Waals surface area contributed by atoms with Gasteiger partial charge in [0.2, 0.25) is 0 Å². The average molecular weight is 258 g/mol. The van der Waals surface area contributed by atoms with Crippen LogP contribution < -0.4 is 4.72 Å². The molecule has 0 spiro atoms. The molecule has 17 heavy (non-hydrogen) atoms. The van der Waals surface area contributed by atoms with Crippen molar-refractivity contribution in [1.29, 1.82) is 0 Å². The van der Waals surface area contributed by atoms with Crippen molar-refractivity contribution in [3.05, 3.63) is 12.4 Å². The number of aromatic amines is 1. The first-order valence-electron chi connectivity index (χ1n) is 5.84. The Morgan fingerprint density at radius 3 is 2.71 bits per heavy atom. The lowest BCUT2D eigenvalue weighted by atomic mass is 9.96. The Labute approximate surface area is 102 Å². The van der Waals surface area contributed by atoms with E-state index in [-0.39, 0.29) is 6.04 Å². The average Bonchev–Trinajstić information content (AvgIpc) is 2.81. The molecule has 1 fully saturated rings. The third kappa shape index (κ3) is 2.98. The van der Waals surface area contributed by atoms with Gasteiger partial charge in [-0.3, -0.25) is 9.82 Å². The van der Waals surface area contributed by atoms with Gasteiger partial charge in [0.25, 0.3) is 0 Å². The van der Waals surface area contributed by atoms with Crippen LogP contribution in [0.3, 0.4) is 0 Å². The van der Waals surface area contributed by atoms with E-state index in [4.69, 9.17) is 0 Å². The maximum Gasteiger partial charge on any atom is 0.301 e. The van der Waals surface area contributed by atoms with Crippen molar-refractivity contribution in [1.82, 2.24) is 14.5 Å². The zero-order chi connectivity index (χ0) is 12.3. The molecule has 1 aliphatic carbocycles. The van der Waals surface area contributed by atoms with Gasteiger partial charge in [0.1, 0.15) is 0 Å². The number of hydrogen-bond acceptors (Lipinski definition) is 3. The summed E-state index contributed by atoms with van der Waals surface area (Å²) in [5.74, 6) is 0. The number of nitrogens with zero attached hydrogens (tertiary/aromatic N) is 2. The Morgan fingerprint density at radius 1 is 1.41 bits per heavy atom. The topological polar surface area (TPSA) is 78.1 Å². The second-order valence-electron chi connectivity index (χ2n) is 4.40. The minimum absolute atomic E-state index is 0.119. The van der Waals surface area contributed by atoms with Crippen molar-refractivity contribution in [3.8, 4) is 0 Å². The number of nitrogens with one attached hydrogen (secondary N) is 2. The quantitative estimate of drug-likeness (QED) is 0.855. The summed E-state index contributed by atoms with van der Waals surface area (Å²) in [6.45, 7) is 0. The standard InChI is InChI=1S/C10H18N4O2S/c1-14(10-5-3-2-4-6-10)17(15,16)13-9-7-11-12-8-9/h7-8,10,13H,2-6H2,1H3,(H,11,12). The Bertz CT molecular complexity index is 437. The molecule has 7 heteroatoms. The van der Waals surface area contributed by atoms with Crippen molar-refractivity contribution in [2.45, 2.75) is 38.1 Å². The largest absolute Gasteiger partial charge is 0.301 e. The molecule has 1 aromatic rings. The fourth-order valence-corrected chi connectivity index (χ4v) is 3.33. The lowest BCUT2D eigenvalue weighted by Crippen LogP contribution is -2.41. The van der Waals surface area contributed by atoms with Crippen LogP contribution in [0, 0.1) is 0 Å². The van der Waals surface area contributed by atoms with E-state index in [0.717, 1.165) is 25.7 Å². The fourth-order valence-electron chi connectivity index (χ4n) is 2.17. The lowest BCUT2D eigenvalue weighted by Gasteiger charge is -2.30. The summed E-state index contributed by atoms with van der Waals surface area (Å²) in [7, 11) is -1.82. The monoisotopic (exact) mass is 258 g/mol. The highest BCUT2D eigenvalue weighted by molar-refractivity contribution is 7.90. The van der Waals surface area contributed by atoms with E-state index in [2.05, 4.69) is 14.9 Å². The van der Waals surface area contributed by atoms with E-state index in [9.17, 15) is 8.42 Å². The van der Waals surface area contributed by atoms with Gasteiger partial charge in [-0.15, -0.1) is 0 Å². The maximum atomic E-state index is 12.1. The van der Waals surface area contributed by atoms with Crippen LogP contribution in [0.4, 0.5) is 5.69 Å². The van der Waals surface area contributed by atoms with E-state index < -0.39 is 10.2 Å². The zero-order valence-electron chi connectivity index (χ0n) is 9.89. The van der Waals surface area contributed by atoms with Crippen molar-refractivity contribution in [2.24, 2.45) is 0 Å². The highest BCUT2D eigenvalue weighted by atomic mass is 32.2. The first-order valence-corrected chi connectivity index (χ1v) is 7.28. The van der Waals surface area contributed by atoms with Gasteiger partial charge < -0.3 is 0 Å². The third-order valence-electron chi connectivity index (χ3n) is 3.21. The molecule has 0 aromatic carbocycles. The summed E-state index contributed by atoms with van der Waals surface area (Å²) in [5, 5.41) is 6.28. The van der Waals surface area contributed by atoms with Crippen molar-refractivity contribution >= 4 is 15.9 Å². The minimum atomic E-state index is -3.46. The molecule has 1 heterocycles. The fraction of sp³-hybridized carbons (Fsp3) is 0.700. The van der Waals surface area contributed by atoms with Crippen molar-refractivity contribution in [2.75, 3.05) is 11.8 Å². The molecule has 0 amide bonds. The van der Waals surface area contributed by atoms with Crippen LogP contribution in [0.1, 0.15) is 32.1 Å². The number of anilines is 1. The SMILES string of the molecule is CN(C1CCCCC1)S(=O)(=O)Nc1cn[nH]c1. The molecule has 2 N–H and O–H groups in total. The molecule has 2 rings (SSSR count). The van der Waals surface area contributed by atoms with Gasteiger partial charge in [0.05, 0.1) is 11.9 Å². The first-order chi connectivity index (χ1) is 8.09. The highest BCUT2D eigenvalue weighted by Gasteiger charge is 2.27. The lowest BCUT2D eigenvalue weighted by molar-refractivity contribution is 0.287. The summed E-state index contributed by atoms with van der Waals surface area (Å²) < 4.78 is 28.1. The summed E-state index contributed by atoms with van der Waals surface area (Å²) in [4.78, 5) is 0. The summed E-state index contributed by atoms with van der Waals surface area (Å²) >= 11 is 0. The van der Waals surface area contributed by atoms with Gasteiger partial charge in [0, 0.05) is 19.3 Å². The van der Waals surface area contributed by atoms with E-state index >= 15 is 0 Å². The van der Waals surface area contributed by atoms with Gasteiger partial charge in [-0.1, -0.05) is 19.3 Å². The predicted molar refractivity (Wildman–Crippen MR) is 65.8 cm³/mol. The second kappa shape index (κ2) is 5.05. The van der Waals surface area contributed by atoms with E-state index in [1.807, 2.05) is 0 Å². The van der Waals surface area contributed by atoms with E-state index in [0.29, 0.717) is 5.69 Å². The predicted octanol–water partition coefficient (Wildman–Crippen LogP) is 1.33. The molecule has 96 valence electrons. The summed E-state index contributed by atoms with van der Waals surface area (Å²) in [5.41, 5.74) is 0.465. The summed E-state index contributed by atoms with van der Waals surface area (Å²) in [6, 6.07) is 0.119. The van der Waals surface area contributed by atoms with Gasteiger partial charge in [-0.05, 0) is 12.8 Å². The van der Waals surface area contributed by atoms with E-state index in [1.54, 1.807) is 7.05 Å². The van der Waals surface area contributed by atoms with Gasteiger partial charge in [-0.2, -0.15) is 17.8 Å². The van der Waals surface area contributed by atoms with Gasteiger partial charge >= 0.3 is 10.2 Å². The minimum Gasteiger partial charge on any atom is -0.284 e. The Kier molecular flexibility index (Phi) is 3.68. The molecular formula is C10H18N4O2S. The molecule has 0 unspecified atom stereocenters. The zero-order valence-corrected chi connectivity index (χ0v) is 10.7. The third-order valence-corrected chi connectivity index (χ3v) is 4.76. The van der Waals surface area contributed by atoms with Crippen LogP contribution >= 0.6 is 0 Å². The number of H-pyrrole nitrogens is 1. The molecule has 1 saturated carbocycles. The molecule has 0 saturated heterocycles. The molecule has 0 atom stereocenters. The second-order valence-corrected chi connectivity index (χ2v) is 6.13.